The number of ether oxygens (including phenoxy) is 1. The number of para-hydroxylation sites is 1. The Kier molecular flexibility index (Phi) is 5.05. The van der Waals surface area contributed by atoms with Crippen LogP contribution in [0.5, 0.6) is 0 Å². The van der Waals surface area contributed by atoms with E-state index in [0.717, 1.165) is 51.5 Å². The molecule has 8 heteroatoms. The highest BCUT2D eigenvalue weighted by atomic mass is 16.5. The quantitative estimate of drug-likeness (QED) is 0.486. The number of nitrogens with zero attached hydrogens (tertiary/aromatic N) is 4. The van der Waals surface area contributed by atoms with E-state index in [0.29, 0.717) is 19.6 Å². The lowest BCUT2D eigenvalue weighted by Gasteiger charge is -2.34. The average Bonchev–Trinajstić information content (AvgIpc) is 3.34. The molecule has 1 aliphatic rings. The predicted octanol–water partition coefficient (Wildman–Crippen LogP) is 3.48. The predicted molar refractivity (Wildman–Crippen MR) is 120 cm³/mol. The molecule has 1 saturated heterocycles. The molecule has 4 heterocycles. The van der Waals surface area contributed by atoms with Gasteiger partial charge in [-0.25, -0.2) is 4.98 Å². The minimum absolute atomic E-state index is 0.196. The average molecular weight is 414 g/mol. The van der Waals surface area contributed by atoms with Crippen molar-refractivity contribution in [3.05, 3.63) is 54.9 Å². The summed E-state index contributed by atoms with van der Waals surface area (Å²) in [6.07, 6.45) is 4.18. The number of hydrogen-bond donors (Lipinski definition) is 2. The molecule has 1 amide bonds. The molecule has 0 bridgehead atoms. The number of benzene rings is 1. The van der Waals surface area contributed by atoms with E-state index in [9.17, 15) is 4.79 Å². The Balaban J connectivity index is 1.80. The van der Waals surface area contributed by atoms with Gasteiger partial charge in [-0.2, -0.15) is 5.10 Å². The fourth-order valence-corrected chi connectivity index (χ4v) is 4.07. The van der Waals surface area contributed by atoms with Crippen molar-refractivity contribution in [2.45, 2.75) is 13.0 Å². The molecule has 0 aliphatic carbocycles. The lowest BCUT2D eigenvalue weighted by atomic mass is 9.98. The van der Waals surface area contributed by atoms with Gasteiger partial charge in [-0.15, -0.1) is 0 Å². The summed E-state index contributed by atoms with van der Waals surface area (Å²) in [6, 6.07) is 13.9. The summed E-state index contributed by atoms with van der Waals surface area (Å²) in [5.74, 6) is 0.855. The van der Waals surface area contributed by atoms with E-state index in [4.69, 9.17) is 9.72 Å². The molecule has 5 rings (SSSR count). The van der Waals surface area contributed by atoms with Crippen molar-refractivity contribution in [1.82, 2.24) is 20.2 Å². The minimum Gasteiger partial charge on any atom is -0.377 e. The number of hydrogen-bond acceptors (Lipinski definition) is 6. The van der Waals surface area contributed by atoms with E-state index < -0.39 is 0 Å². The van der Waals surface area contributed by atoms with Crippen molar-refractivity contribution in [3.63, 3.8) is 0 Å². The molecular formula is C23H22N6O2. The zero-order valence-electron chi connectivity index (χ0n) is 17.1. The van der Waals surface area contributed by atoms with Gasteiger partial charge in [0.15, 0.2) is 0 Å². The molecule has 1 unspecified atom stereocenters. The van der Waals surface area contributed by atoms with Gasteiger partial charge in [0.2, 0.25) is 6.41 Å². The monoisotopic (exact) mass is 414 g/mol. The van der Waals surface area contributed by atoms with Crippen LogP contribution in [0.2, 0.25) is 0 Å². The van der Waals surface area contributed by atoms with E-state index in [-0.39, 0.29) is 6.04 Å². The number of anilines is 2. The summed E-state index contributed by atoms with van der Waals surface area (Å²) in [5.41, 5.74) is 4.96. The van der Waals surface area contributed by atoms with Crippen molar-refractivity contribution < 1.29 is 9.53 Å². The first kappa shape index (κ1) is 19.2. The van der Waals surface area contributed by atoms with Crippen LogP contribution in [0.15, 0.2) is 54.9 Å². The SMILES string of the molecule is CC1COCCN1c1cc(-c2ccccc2NC=O)c2ccnc(-c3ccn[nH]3)c2n1. The number of rotatable bonds is 5. The van der Waals surface area contributed by atoms with Crippen molar-refractivity contribution in [2.24, 2.45) is 0 Å². The van der Waals surface area contributed by atoms with Crippen molar-refractivity contribution in [1.29, 1.82) is 0 Å². The van der Waals surface area contributed by atoms with Gasteiger partial charge in [0.05, 0.1) is 24.9 Å². The number of morpholine rings is 1. The van der Waals surface area contributed by atoms with Crippen LogP contribution in [0.3, 0.4) is 0 Å². The Labute approximate surface area is 179 Å². The topological polar surface area (TPSA) is 96.0 Å². The van der Waals surface area contributed by atoms with Crippen LogP contribution in [0.25, 0.3) is 33.4 Å². The second-order valence-corrected chi connectivity index (χ2v) is 7.48. The molecule has 4 aromatic rings. The van der Waals surface area contributed by atoms with Crippen LogP contribution in [0.4, 0.5) is 11.5 Å². The molecule has 156 valence electrons. The van der Waals surface area contributed by atoms with Crippen LogP contribution >= 0.6 is 0 Å². The standard InChI is InChI=1S/C23H22N6O2/c1-15-13-31-11-10-29(15)21-12-18(16-4-2-3-5-19(16)25-14-30)17-6-8-24-23(22(17)27-21)20-7-9-26-28-20/h2-9,12,14-15H,10-11,13H2,1H3,(H,25,30)(H,26,28). The molecule has 0 saturated carbocycles. The molecule has 1 fully saturated rings. The van der Waals surface area contributed by atoms with Gasteiger partial charge in [-0.05, 0) is 36.8 Å². The fourth-order valence-electron chi connectivity index (χ4n) is 4.07. The van der Waals surface area contributed by atoms with Crippen LogP contribution in [0, 0.1) is 0 Å². The Morgan fingerprint density at radius 2 is 2.10 bits per heavy atom. The molecule has 2 N–H and O–H groups in total. The third kappa shape index (κ3) is 3.51. The Morgan fingerprint density at radius 1 is 1.19 bits per heavy atom. The summed E-state index contributed by atoms with van der Waals surface area (Å²) < 4.78 is 5.63. The number of amides is 1. The molecule has 1 aliphatic heterocycles. The summed E-state index contributed by atoms with van der Waals surface area (Å²) in [7, 11) is 0. The summed E-state index contributed by atoms with van der Waals surface area (Å²) in [5, 5.41) is 10.9. The van der Waals surface area contributed by atoms with Crippen molar-refractivity contribution in [2.75, 3.05) is 30.0 Å². The molecule has 3 aromatic heterocycles. The zero-order chi connectivity index (χ0) is 21.2. The van der Waals surface area contributed by atoms with Gasteiger partial charge >= 0.3 is 0 Å². The smallest absolute Gasteiger partial charge is 0.211 e. The van der Waals surface area contributed by atoms with E-state index in [1.54, 1.807) is 12.4 Å². The minimum atomic E-state index is 0.196. The Bertz CT molecular complexity index is 1220. The third-order valence-corrected chi connectivity index (χ3v) is 5.56. The highest BCUT2D eigenvalue weighted by molar-refractivity contribution is 6.04. The zero-order valence-corrected chi connectivity index (χ0v) is 17.1. The van der Waals surface area contributed by atoms with E-state index >= 15 is 0 Å². The molecular weight excluding hydrogens is 392 g/mol. The molecule has 31 heavy (non-hydrogen) atoms. The van der Waals surface area contributed by atoms with Gasteiger partial charge < -0.3 is 15.0 Å². The van der Waals surface area contributed by atoms with Crippen molar-refractivity contribution in [3.8, 4) is 22.5 Å². The second kappa shape index (κ2) is 8.16. The molecule has 8 nitrogen and oxygen atoms in total. The van der Waals surface area contributed by atoms with Crippen LogP contribution in [0.1, 0.15) is 6.92 Å². The third-order valence-electron chi connectivity index (χ3n) is 5.56. The Morgan fingerprint density at radius 3 is 2.90 bits per heavy atom. The normalized spacial score (nSPS) is 16.4. The number of aromatic nitrogens is 4. The largest absolute Gasteiger partial charge is 0.377 e. The van der Waals surface area contributed by atoms with E-state index in [2.05, 4.69) is 38.4 Å². The van der Waals surface area contributed by atoms with Crippen LogP contribution in [-0.4, -0.2) is 52.4 Å². The first-order valence-electron chi connectivity index (χ1n) is 10.2. The maximum atomic E-state index is 11.2. The molecule has 1 aromatic carbocycles. The maximum Gasteiger partial charge on any atom is 0.211 e. The lowest BCUT2D eigenvalue weighted by molar-refractivity contribution is -0.105. The highest BCUT2D eigenvalue weighted by Crippen LogP contribution is 2.38. The number of pyridine rings is 2. The van der Waals surface area contributed by atoms with Crippen LogP contribution in [-0.2, 0) is 9.53 Å². The van der Waals surface area contributed by atoms with Gasteiger partial charge in [-0.3, -0.25) is 14.9 Å². The fraction of sp³-hybridized carbons (Fsp3) is 0.217. The molecule has 0 spiro atoms. The van der Waals surface area contributed by atoms with Gasteiger partial charge in [-0.1, -0.05) is 18.2 Å². The first-order valence-corrected chi connectivity index (χ1v) is 10.2. The number of fused-ring (bicyclic) bond motifs is 1. The second-order valence-electron chi connectivity index (χ2n) is 7.48. The number of nitrogens with one attached hydrogen (secondary N) is 2. The van der Waals surface area contributed by atoms with Gasteiger partial charge in [0.1, 0.15) is 17.0 Å². The summed E-state index contributed by atoms with van der Waals surface area (Å²) >= 11 is 0. The number of H-pyrrole nitrogens is 1. The number of carbonyl (C=O) groups excluding carboxylic acids is 1. The molecule has 0 radical (unpaired) electrons. The maximum absolute atomic E-state index is 11.2. The van der Waals surface area contributed by atoms with Crippen molar-refractivity contribution >= 4 is 28.8 Å². The summed E-state index contributed by atoms with van der Waals surface area (Å²) in [4.78, 5) is 23.1. The summed E-state index contributed by atoms with van der Waals surface area (Å²) in [6.45, 7) is 4.19. The highest BCUT2D eigenvalue weighted by Gasteiger charge is 2.23. The first-order chi connectivity index (χ1) is 15.3. The van der Waals surface area contributed by atoms with E-state index in [1.165, 1.54) is 0 Å². The van der Waals surface area contributed by atoms with Gasteiger partial charge in [0.25, 0.3) is 0 Å². The van der Waals surface area contributed by atoms with Crippen LogP contribution < -0.4 is 10.2 Å². The lowest BCUT2D eigenvalue weighted by Crippen LogP contribution is -2.44. The number of carbonyl (C=O) groups is 1. The van der Waals surface area contributed by atoms with Gasteiger partial charge in [0, 0.05) is 35.6 Å². The number of aromatic amines is 1. The Hall–Kier alpha value is -3.78. The molecule has 1 atom stereocenters. The van der Waals surface area contributed by atoms with E-state index in [1.807, 2.05) is 36.4 Å².